The van der Waals surface area contributed by atoms with E-state index in [1.165, 1.54) is 0 Å². The molecule has 0 saturated carbocycles. The van der Waals surface area contributed by atoms with Crippen LogP contribution in [0.5, 0.6) is 0 Å². The van der Waals surface area contributed by atoms with Crippen LogP contribution in [0, 0.1) is 5.92 Å². The number of hydrogen-bond donors (Lipinski definition) is 2. The third-order valence-electron chi connectivity index (χ3n) is 5.39. The Hall–Kier alpha value is -2.14. The Morgan fingerprint density at radius 1 is 1.29 bits per heavy atom. The maximum absolute atomic E-state index is 13.3. The summed E-state index contributed by atoms with van der Waals surface area (Å²) in [5, 5.41) is 6.09. The number of amides is 1. The number of rotatable bonds is 8. The van der Waals surface area contributed by atoms with Gasteiger partial charge in [-0.2, -0.15) is 18.2 Å². The minimum atomic E-state index is -4.56. The quantitative estimate of drug-likeness (QED) is 0.635. The molecule has 2 aliphatic heterocycles. The van der Waals surface area contributed by atoms with Crippen LogP contribution >= 0.6 is 0 Å². The van der Waals surface area contributed by atoms with Crippen molar-refractivity contribution in [3.63, 3.8) is 0 Å². The van der Waals surface area contributed by atoms with Crippen LogP contribution in [0.15, 0.2) is 6.07 Å². The average Bonchev–Trinajstić information content (AvgIpc) is 3.21. The third kappa shape index (κ3) is 6.93. The van der Waals surface area contributed by atoms with Crippen molar-refractivity contribution in [3.8, 4) is 0 Å². The molecule has 3 heterocycles. The number of nitrogens with zero attached hydrogens (tertiary/aromatic N) is 4. The number of carbonyl (C=O) groups is 1. The fraction of sp³-hybridized carbons (Fsp3) is 0.750. The highest BCUT2D eigenvalue weighted by molar-refractivity contribution is 5.77. The van der Waals surface area contributed by atoms with E-state index >= 15 is 0 Å². The topological polar surface area (TPSA) is 82.6 Å². The lowest BCUT2D eigenvalue weighted by Gasteiger charge is -2.27. The Morgan fingerprint density at radius 3 is 2.71 bits per heavy atom. The van der Waals surface area contributed by atoms with Crippen LogP contribution in [0.2, 0.25) is 0 Å². The lowest BCUT2D eigenvalue weighted by atomic mass is 10.1. The van der Waals surface area contributed by atoms with Gasteiger partial charge in [0.2, 0.25) is 11.9 Å². The molecule has 1 atom stereocenters. The van der Waals surface area contributed by atoms with E-state index < -0.39 is 11.9 Å². The second-order valence-electron chi connectivity index (χ2n) is 8.34. The van der Waals surface area contributed by atoms with Crippen LogP contribution in [0.4, 0.5) is 24.9 Å². The molecule has 0 aromatic carbocycles. The molecule has 1 aromatic heterocycles. The molecule has 174 valence electrons. The number of anilines is 2. The molecule has 0 bridgehead atoms. The summed E-state index contributed by atoms with van der Waals surface area (Å²) in [5.41, 5.74) is -0.970. The van der Waals surface area contributed by atoms with E-state index in [1.54, 1.807) is 9.80 Å². The molecule has 0 aliphatic carbocycles. The van der Waals surface area contributed by atoms with E-state index in [4.69, 9.17) is 4.74 Å². The molecule has 2 aliphatic rings. The van der Waals surface area contributed by atoms with Gasteiger partial charge in [-0.25, -0.2) is 4.98 Å². The van der Waals surface area contributed by atoms with Crippen LogP contribution in [0.25, 0.3) is 0 Å². The van der Waals surface area contributed by atoms with Crippen LogP contribution in [0.1, 0.15) is 32.4 Å². The molecule has 0 radical (unpaired) electrons. The Balaban J connectivity index is 1.60. The standard InChI is InChI=1S/C20H31F3N6O2/c1-14(2)3-5-25-19-26-16(20(21,22)23)11-17(27-19)29-8-4-15(12-29)31-13-18(30)28-9-6-24-7-10-28/h11,14-15,24H,3-10,12-13H2,1-2H3,(H,25,26,27). The molecular formula is C20H31F3N6O2. The van der Waals surface area contributed by atoms with Crippen molar-refractivity contribution in [2.45, 2.75) is 39.0 Å². The number of carbonyl (C=O) groups excluding carboxylic acids is 1. The molecule has 0 spiro atoms. The minimum Gasteiger partial charge on any atom is -0.366 e. The molecular weight excluding hydrogens is 413 g/mol. The fourth-order valence-electron chi connectivity index (χ4n) is 3.56. The van der Waals surface area contributed by atoms with Crippen molar-refractivity contribution in [3.05, 3.63) is 11.8 Å². The Labute approximate surface area is 180 Å². The first-order valence-electron chi connectivity index (χ1n) is 10.8. The summed E-state index contributed by atoms with van der Waals surface area (Å²) in [4.78, 5) is 23.7. The lowest BCUT2D eigenvalue weighted by molar-refractivity contribution is -0.141. The number of alkyl halides is 3. The summed E-state index contributed by atoms with van der Waals surface area (Å²) in [6.07, 6.45) is -3.36. The molecule has 1 unspecified atom stereocenters. The molecule has 3 rings (SSSR count). The van der Waals surface area contributed by atoms with E-state index in [0.29, 0.717) is 45.1 Å². The molecule has 2 fully saturated rings. The summed E-state index contributed by atoms with van der Waals surface area (Å²) in [5.74, 6) is 0.550. The van der Waals surface area contributed by atoms with E-state index in [0.717, 1.165) is 25.6 Å². The predicted molar refractivity (Wildman–Crippen MR) is 111 cm³/mol. The van der Waals surface area contributed by atoms with E-state index in [9.17, 15) is 18.0 Å². The summed E-state index contributed by atoms with van der Waals surface area (Å²) in [7, 11) is 0. The number of piperazine rings is 1. The SMILES string of the molecule is CC(C)CCNc1nc(N2CCC(OCC(=O)N3CCNCC3)C2)cc(C(F)(F)F)n1. The van der Waals surface area contributed by atoms with Gasteiger partial charge in [-0.15, -0.1) is 0 Å². The largest absolute Gasteiger partial charge is 0.433 e. The molecule has 2 saturated heterocycles. The van der Waals surface area contributed by atoms with Gasteiger partial charge in [0.15, 0.2) is 5.69 Å². The monoisotopic (exact) mass is 444 g/mol. The summed E-state index contributed by atoms with van der Waals surface area (Å²) < 4.78 is 45.8. The first-order chi connectivity index (χ1) is 14.7. The third-order valence-corrected chi connectivity index (χ3v) is 5.39. The van der Waals surface area contributed by atoms with Gasteiger partial charge in [0.1, 0.15) is 12.4 Å². The molecule has 31 heavy (non-hydrogen) atoms. The number of hydrogen-bond acceptors (Lipinski definition) is 7. The summed E-state index contributed by atoms with van der Waals surface area (Å²) >= 11 is 0. The lowest BCUT2D eigenvalue weighted by Crippen LogP contribution is -2.48. The molecule has 1 amide bonds. The molecule has 8 nitrogen and oxygen atoms in total. The predicted octanol–water partition coefficient (Wildman–Crippen LogP) is 1.98. The van der Waals surface area contributed by atoms with Gasteiger partial charge in [-0.1, -0.05) is 13.8 Å². The van der Waals surface area contributed by atoms with Gasteiger partial charge < -0.3 is 25.2 Å². The van der Waals surface area contributed by atoms with Crippen LogP contribution in [-0.4, -0.2) is 79.3 Å². The summed E-state index contributed by atoms with van der Waals surface area (Å²) in [6, 6.07) is 0.974. The van der Waals surface area contributed by atoms with Crippen LogP contribution in [0.3, 0.4) is 0 Å². The second kappa shape index (κ2) is 10.4. The zero-order valence-electron chi connectivity index (χ0n) is 18.0. The van der Waals surface area contributed by atoms with Crippen molar-refractivity contribution < 1.29 is 22.7 Å². The smallest absolute Gasteiger partial charge is 0.366 e. The Kier molecular flexibility index (Phi) is 7.93. The van der Waals surface area contributed by atoms with Gasteiger partial charge in [0.05, 0.1) is 6.10 Å². The highest BCUT2D eigenvalue weighted by atomic mass is 19.4. The maximum atomic E-state index is 13.3. The van der Waals surface area contributed by atoms with Crippen molar-refractivity contribution in [2.24, 2.45) is 5.92 Å². The number of halogens is 3. The maximum Gasteiger partial charge on any atom is 0.433 e. The van der Waals surface area contributed by atoms with Crippen molar-refractivity contribution in [1.82, 2.24) is 20.2 Å². The molecule has 11 heteroatoms. The summed E-state index contributed by atoms with van der Waals surface area (Å²) in [6.45, 7) is 8.31. The highest BCUT2D eigenvalue weighted by Crippen LogP contribution is 2.31. The molecule has 2 N–H and O–H groups in total. The van der Waals surface area contributed by atoms with Crippen molar-refractivity contribution >= 4 is 17.7 Å². The minimum absolute atomic E-state index is 0.0158. The Bertz CT molecular complexity index is 740. The fourth-order valence-corrected chi connectivity index (χ4v) is 3.56. The normalized spacial score (nSPS) is 19.9. The first-order valence-corrected chi connectivity index (χ1v) is 10.8. The van der Waals surface area contributed by atoms with E-state index in [-0.39, 0.29) is 30.4 Å². The second-order valence-corrected chi connectivity index (χ2v) is 8.34. The number of nitrogens with one attached hydrogen (secondary N) is 2. The van der Waals surface area contributed by atoms with Crippen molar-refractivity contribution in [1.29, 1.82) is 0 Å². The first kappa shape index (κ1) is 23.5. The van der Waals surface area contributed by atoms with Gasteiger partial charge in [0.25, 0.3) is 0 Å². The van der Waals surface area contributed by atoms with E-state index in [2.05, 4.69) is 20.6 Å². The van der Waals surface area contributed by atoms with Gasteiger partial charge in [-0.05, 0) is 18.8 Å². The van der Waals surface area contributed by atoms with Crippen LogP contribution in [-0.2, 0) is 15.7 Å². The number of aromatic nitrogens is 2. The van der Waals surface area contributed by atoms with Gasteiger partial charge >= 0.3 is 6.18 Å². The van der Waals surface area contributed by atoms with E-state index in [1.807, 2.05) is 13.8 Å². The zero-order chi connectivity index (χ0) is 22.4. The van der Waals surface area contributed by atoms with Crippen molar-refractivity contribution in [2.75, 3.05) is 62.6 Å². The van der Waals surface area contributed by atoms with Crippen LogP contribution < -0.4 is 15.5 Å². The Morgan fingerprint density at radius 2 is 2.03 bits per heavy atom. The molecule has 1 aromatic rings. The van der Waals surface area contributed by atoms with Gasteiger partial charge in [0, 0.05) is 51.9 Å². The average molecular weight is 445 g/mol. The van der Waals surface area contributed by atoms with Gasteiger partial charge in [-0.3, -0.25) is 4.79 Å². The highest BCUT2D eigenvalue weighted by Gasteiger charge is 2.35. The number of ether oxygens (including phenoxy) is 1. The zero-order valence-corrected chi connectivity index (χ0v) is 18.0.